The Hall–Kier alpha value is -0.450. The molecule has 1 N–H and O–H groups in total. The molecule has 1 aromatic rings. The van der Waals surface area contributed by atoms with E-state index in [2.05, 4.69) is 26.1 Å². The van der Waals surface area contributed by atoms with Crippen molar-refractivity contribution in [1.29, 1.82) is 0 Å². The average molecular weight is 268 g/mol. The van der Waals surface area contributed by atoms with Gasteiger partial charge in [-0.15, -0.1) is 11.3 Å². The van der Waals surface area contributed by atoms with Gasteiger partial charge in [-0.25, -0.2) is 4.98 Å². The van der Waals surface area contributed by atoms with Crippen molar-refractivity contribution in [2.24, 2.45) is 0 Å². The second-order valence-electron chi connectivity index (χ2n) is 5.30. The molecule has 18 heavy (non-hydrogen) atoms. The summed E-state index contributed by atoms with van der Waals surface area (Å²) >= 11 is 1.82. The zero-order valence-electron chi connectivity index (χ0n) is 11.8. The van der Waals surface area contributed by atoms with E-state index in [1.165, 1.54) is 23.4 Å². The van der Waals surface area contributed by atoms with Crippen LogP contribution in [0.5, 0.6) is 0 Å². The van der Waals surface area contributed by atoms with Crippen molar-refractivity contribution in [3.63, 3.8) is 0 Å². The molecule has 2 rings (SSSR count). The molecule has 0 amide bonds. The minimum atomic E-state index is 0.155. The first-order valence-electron chi connectivity index (χ1n) is 6.91. The monoisotopic (exact) mass is 268 g/mol. The van der Waals surface area contributed by atoms with Crippen LogP contribution < -0.4 is 5.32 Å². The third kappa shape index (κ3) is 3.31. The molecule has 1 unspecified atom stereocenters. The molecule has 1 saturated carbocycles. The van der Waals surface area contributed by atoms with Gasteiger partial charge in [0.1, 0.15) is 11.1 Å². The maximum atomic E-state index is 5.50. The SMILES string of the molecule is CCC(OC)c1nc(C(C)C)c(CNC2CC2)s1. The van der Waals surface area contributed by atoms with Gasteiger partial charge in [0, 0.05) is 24.6 Å². The highest BCUT2D eigenvalue weighted by atomic mass is 32.1. The summed E-state index contributed by atoms with van der Waals surface area (Å²) in [5.41, 5.74) is 1.25. The lowest BCUT2D eigenvalue weighted by molar-refractivity contribution is 0.0996. The van der Waals surface area contributed by atoms with Gasteiger partial charge in [-0.3, -0.25) is 0 Å². The fraction of sp³-hybridized carbons (Fsp3) is 0.786. The van der Waals surface area contributed by atoms with Gasteiger partial charge in [0.25, 0.3) is 0 Å². The minimum absolute atomic E-state index is 0.155. The Morgan fingerprint density at radius 1 is 1.44 bits per heavy atom. The van der Waals surface area contributed by atoms with E-state index in [1.54, 1.807) is 7.11 Å². The van der Waals surface area contributed by atoms with Gasteiger partial charge in [-0.05, 0) is 25.2 Å². The number of rotatable bonds is 7. The average Bonchev–Trinajstić information content (AvgIpc) is 3.08. The van der Waals surface area contributed by atoms with Crippen LogP contribution in [-0.2, 0) is 11.3 Å². The molecular weight excluding hydrogens is 244 g/mol. The highest BCUT2D eigenvalue weighted by molar-refractivity contribution is 7.11. The van der Waals surface area contributed by atoms with Crippen LogP contribution in [0, 0.1) is 0 Å². The molecule has 0 bridgehead atoms. The summed E-state index contributed by atoms with van der Waals surface area (Å²) in [4.78, 5) is 6.19. The summed E-state index contributed by atoms with van der Waals surface area (Å²) < 4.78 is 5.50. The molecule has 102 valence electrons. The molecule has 0 spiro atoms. The van der Waals surface area contributed by atoms with E-state index in [0.29, 0.717) is 5.92 Å². The van der Waals surface area contributed by atoms with E-state index in [4.69, 9.17) is 9.72 Å². The first-order chi connectivity index (χ1) is 8.65. The van der Waals surface area contributed by atoms with Gasteiger partial charge in [0.15, 0.2) is 0 Å². The number of methoxy groups -OCH3 is 1. The number of aromatic nitrogens is 1. The summed E-state index contributed by atoms with van der Waals surface area (Å²) in [6.45, 7) is 7.54. The molecule has 0 radical (unpaired) electrons. The molecule has 0 aliphatic heterocycles. The van der Waals surface area contributed by atoms with Crippen LogP contribution in [0.2, 0.25) is 0 Å². The van der Waals surface area contributed by atoms with Crippen molar-refractivity contribution in [2.45, 2.75) is 64.6 Å². The van der Waals surface area contributed by atoms with E-state index in [9.17, 15) is 0 Å². The summed E-state index contributed by atoms with van der Waals surface area (Å²) in [5, 5.41) is 4.72. The van der Waals surface area contributed by atoms with Gasteiger partial charge in [0.05, 0.1) is 5.69 Å². The zero-order valence-corrected chi connectivity index (χ0v) is 12.6. The van der Waals surface area contributed by atoms with Gasteiger partial charge in [-0.1, -0.05) is 20.8 Å². The van der Waals surface area contributed by atoms with Gasteiger partial charge in [0.2, 0.25) is 0 Å². The number of nitrogens with zero attached hydrogens (tertiary/aromatic N) is 1. The molecule has 0 saturated heterocycles. The lowest BCUT2D eigenvalue weighted by Gasteiger charge is -2.08. The highest BCUT2D eigenvalue weighted by Gasteiger charge is 2.23. The van der Waals surface area contributed by atoms with Crippen LogP contribution in [-0.4, -0.2) is 18.1 Å². The van der Waals surface area contributed by atoms with Gasteiger partial charge >= 0.3 is 0 Å². The van der Waals surface area contributed by atoms with E-state index in [0.717, 1.165) is 24.0 Å². The lowest BCUT2D eigenvalue weighted by Crippen LogP contribution is -2.15. The fourth-order valence-corrected chi connectivity index (χ4v) is 3.40. The standard InChI is InChI=1S/C14H24N2OS/c1-5-11(17-4)14-16-13(9(2)3)12(18-14)8-15-10-6-7-10/h9-11,15H,5-8H2,1-4H3. The quantitative estimate of drug-likeness (QED) is 0.820. The Morgan fingerprint density at radius 2 is 2.17 bits per heavy atom. The molecule has 1 heterocycles. The van der Waals surface area contributed by atoms with Crippen LogP contribution in [0.1, 0.15) is 67.6 Å². The van der Waals surface area contributed by atoms with Crippen LogP contribution in [0.3, 0.4) is 0 Å². The number of nitrogens with one attached hydrogen (secondary N) is 1. The van der Waals surface area contributed by atoms with Crippen LogP contribution >= 0.6 is 11.3 Å². The second kappa shape index (κ2) is 6.13. The summed E-state index contributed by atoms with van der Waals surface area (Å²) in [6.07, 6.45) is 3.80. The van der Waals surface area contributed by atoms with Crippen LogP contribution in [0.4, 0.5) is 0 Å². The summed E-state index contributed by atoms with van der Waals surface area (Å²) in [6, 6.07) is 0.750. The van der Waals surface area contributed by atoms with Gasteiger partial charge in [-0.2, -0.15) is 0 Å². The molecule has 1 aliphatic carbocycles. The third-order valence-corrected chi connectivity index (χ3v) is 4.51. The van der Waals surface area contributed by atoms with Crippen molar-refractivity contribution in [3.8, 4) is 0 Å². The molecule has 1 aromatic heterocycles. The van der Waals surface area contributed by atoms with E-state index in [-0.39, 0.29) is 6.10 Å². The van der Waals surface area contributed by atoms with Crippen molar-refractivity contribution < 1.29 is 4.74 Å². The number of thiazole rings is 1. The predicted octanol–water partition coefficient (Wildman–Crippen LogP) is 3.62. The Labute approximate surface area is 114 Å². The summed E-state index contributed by atoms with van der Waals surface area (Å²) in [5.74, 6) is 0.486. The van der Waals surface area contributed by atoms with Crippen molar-refractivity contribution in [2.75, 3.05) is 7.11 Å². The molecule has 1 aliphatic rings. The normalized spacial score (nSPS) is 17.4. The van der Waals surface area contributed by atoms with Gasteiger partial charge < -0.3 is 10.1 Å². The Morgan fingerprint density at radius 3 is 2.67 bits per heavy atom. The van der Waals surface area contributed by atoms with Crippen molar-refractivity contribution in [3.05, 3.63) is 15.6 Å². The van der Waals surface area contributed by atoms with Crippen molar-refractivity contribution >= 4 is 11.3 Å². The molecule has 1 fully saturated rings. The molecule has 4 heteroatoms. The maximum absolute atomic E-state index is 5.50. The predicted molar refractivity (Wildman–Crippen MR) is 76.1 cm³/mol. The van der Waals surface area contributed by atoms with Crippen LogP contribution in [0.25, 0.3) is 0 Å². The zero-order chi connectivity index (χ0) is 13.1. The molecular formula is C14H24N2OS. The Bertz CT molecular complexity index is 381. The minimum Gasteiger partial charge on any atom is -0.374 e. The molecule has 3 nitrogen and oxygen atoms in total. The van der Waals surface area contributed by atoms with Crippen LogP contribution in [0.15, 0.2) is 0 Å². The third-order valence-electron chi connectivity index (χ3n) is 3.35. The Balaban J connectivity index is 2.13. The maximum Gasteiger partial charge on any atom is 0.122 e. The first kappa shape index (κ1) is 14.0. The molecule has 0 aromatic carbocycles. The number of hydrogen-bond acceptors (Lipinski definition) is 4. The van der Waals surface area contributed by atoms with Crippen molar-refractivity contribution in [1.82, 2.24) is 10.3 Å². The topological polar surface area (TPSA) is 34.1 Å². The van der Waals surface area contributed by atoms with E-state index >= 15 is 0 Å². The van der Waals surface area contributed by atoms with E-state index < -0.39 is 0 Å². The Kier molecular flexibility index (Phi) is 4.76. The number of hydrogen-bond donors (Lipinski definition) is 1. The highest BCUT2D eigenvalue weighted by Crippen LogP contribution is 2.32. The summed E-state index contributed by atoms with van der Waals surface area (Å²) in [7, 11) is 1.77. The smallest absolute Gasteiger partial charge is 0.122 e. The first-order valence-corrected chi connectivity index (χ1v) is 7.73. The largest absolute Gasteiger partial charge is 0.374 e. The second-order valence-corrected chi connectivity index (χ2v) is 6.42. The fourth-order valence-electron chi connectivity index (χ4n) is 2.06. The number of ether oxygens (including phenoxy) is 1. The van der Waals surface area contributed by atoms with E-state index in [1.807, 2.05) is 11.3 Å². The molecule has 1 atom stereocenters. The lowest BCUT2D eigenvalue weighted by atomic mass is 10.1.